The van der Waals surface area contributed by atoms with Crippen molar-refractivity contribution in [3.8, 4) is 23.0 Å². The minimum Gasteiger partial charge on any atom is -0.497 e. The maximum absolute atomic E-state index is 13.9. The number of benzene rings is 2. The van der Waals surface area contributed by atoms with Crippen LogP contribution in [0.15, 0.2) is 45.6 Å². The number of nitrogens with one attached hydrogen (secondary N) is 1. The smallest absolute Gasteiger partial charge is 0.265 e. The summed E-state index contributed by atoms with van der Waals surface area (Å²) in [7, 11) is 1.41. The van der Waals surface area contributed by atoms with Crippen molar-refractivity contribution in [2.75, 3.05) is 50.4 Å². The van der Waals surface area contributed by atoms with Gasteiger partial charge in [0.1, 0.15) is 18.0 Å². The highest BCUT2D eigenvalue weighted by Gasteiger charge is 2.31. The summed E-state index contributed by atoms with van der Waals surface area (Å²) < 4.78 is 50.8. The fourth-order valence-corrected chi connectivity index (χ4v) is 6.43. The van der Waals surface area contributed by atoms with E-state index in [2.05, 4.69) is 29.4 Å². The first-order valence-electron chi connectivity index (χ1n) is 11.4. The van der Waals surface area contributed by atoms with Crippen LogP contribution in [0.5, 0.6) is 23.0 Å². The molecule has 0 aliphatic heterocycles. The molecule has 0 aliphatic rings. The monoisotopic (exact) mass is 582 g/mol. The van der Waals surface area contributed by atoms with Crippen molar-refractivity contribution in [3.05, 3.63) is 36.4 Å². The molecular weight excluding hydrogens is 552 g/mol. The molecule has 0 saturated heterocycles. The summed E-state index contributed by atoms with van der Waals surface area (Å²) in [6.07, 6.45) is 0. The molecular formula is C24H30N4O7S3. The molecule has 0 radical (unpaired) electrons. The van der Waals surface area contributed by atoms with Crippen molar-refractivity contribution in [1.29, 1.82) is 0 Å². The number of methoxy groups -OCH3 is 4. The van der Waals surface area contributed by atoms with Crippen LogP contribution in [0.2, 0.25) is 0 Å². The lowest BCUT2D eigenvalue weighted by Gasteiger charge is -2.26. The Hall–Kier alpha value is -3.23. The zero-order valence-corrected chi connectivity index (χ0v) is 24.3. The minimum atomic E-state index is -4.30. The third-order valence-corrected chi connectivity index (χ3v) is 9.23. The second-order valence-corrected chi connectivity index (χ2v) is 12.3. The Morgan fingerprint density at radius 1 is 0.974 bits per heavy atom. The van der Waals surface area contributed by atoms with E-state index in [1.165, 1.54) is 75.8 Å². The molecule has 1 amide bonds. The maximum atomic E-state index is 13.9. The molecule has 1 heterocycles. The predicted octanol–water partition coefficient (Wildman–Crippen LogP) is 4.15. The van der Waals surface area contributed by atoms with Gasteiger partial charge in [0.25, 0.3) is 10.0 Å². The molecule has 0 saturated carbocycles. The van der Waals surface area contributed by atoms with Crippen molar-refractivity contribution in [3.63, 3.8) is 0 Å². The van der Waals surface area contributed by atoms with Gasteiger partial charge in [0.2, 0.25) is 11.0 Å². The van der Waals surface area contributed by atoms with Crippen LogP contribution >= 0.6 is 23.1 Å². The number of amides is 1. The lowest BCUT2D eigenvalue weighted by Crippen LogP contribution is -2.38. The third kappa shape index (κ3) is 6.99. The Morgan fingerprint density at radius 2 is 1.66 bits per heavy atom. The number of carbonyl (C=O) groups is 1. The SMILES string of the molecule is COc1ccc(OC)c(N(CC(=O)Nc2nnc(SCC(C)C)s2)S(=O)(=O)c2ccc(OC)c(OC)c2)c1. The van der Waals surface area contributed by atoms with Crippen LogP contribution < -0.4 is 28.6 Å². The topological polar surface area (TPSA) is 129 Å². The molecule has 206 valence electrons. The van der Waals surface area contributed by atoms with E-state index in [-0.39, 0.29) is 27.2 Å². The van der Waals surface area contributed by atoms with Gasteiger partial charge < -0.3 is 18.9 Å². The van der Waals surface area contributed by atoms with E-state index in [1.54, 1.807) is 12.1 Å². The van der Waals surface area contributed by atoms with E-state index in [0.717, 1.165) is 10.1 Å². The molecule has 11 nitrogen and oxygen atoms in total. The van der Waals surface area contributed by atoms with E-state index in [9.17, 15) is 13.2 Å². The van der Waals surface area contributed by atoms with E-state index in [0.29, 0.717) is 21.8 Å². The van der Waals surface area contributed by atoms with Crippen molar-refractivity contribution in [2.24, 2.45) is 5.92 Å². The van der Waals surface area contributed by atoms with Gasteiger partial charge in [0, 0.05) is 17.9 Å². The lowest BCUT2D eigenvalue weighted by molar-refractivity contribution is -0.114. The lowest BCUT2D eigenvalue weighted by atomic mass is 10.2. The number of aromatic nitrogens is 2. The van der Waals surface area contributed by atoms with Crippen LogP contribution in [0.4, 0.5) is 10.8 Å². The van der Waals surface area contributed by atoms with Crippen LogP contribution in [-0.4, -0.2) is 65.3 Å². The van der Waals surface area contributed by atoms with Gasteiger partial charge in [-0.1, -0.05) is 36.9 Å². The van der Waals surface area contributed by atoms with E-state index in [4.69, 9.17) is 18.9 Å². The zero-order chi connectivity index (χ0) is 27.9. The van der Waals surface area contributed by atoms with Gasteiger partial charge in [0.15, 0.2) is 15.8 Å². The fraction of sp³-hybridized carbons (Fsp3) is 0.375. The Labute approximate surface area is 230 Å². The van der Waals surface area contributed by atoms with Crippen LogP contribution in [0, 0.1) is 5.92 Å². The first-order valence-corrected chi connectivity index (χ1v) is 14.6. The molecule has 14 heteroatoms. The van der Waals surface area contributed by atoms with Gasteiger partial charge in [-0.2, -0.15) is 0 Å². The van der Waals surface area contributed by atoms with E-state index in [1.807, 2.05) is 0 Å². The molecule has 1 aromatic heterocycles. The van der Waals surface area contributed by atoms with Crippen molar-refractivity contribution < 1.29 is 32.2 Å². The first-order chi connectivity index (χ1) is 18.1. The summed E-state index contributed by atoms with van der Waals surface area (Å²) in [5.74, 6) is 1.89. The van der Waals surface area contributed by atoms with Crippen molar-refractivity contribution in [2.45, 2.75) is 23.1 Å². The highest BCUT2D eigenvalue weighted by molar-refractivity contribution is 8.01. The second-order valence-electron chi connectivity index (χ2n) is 8.19. The number of hydrogen-bond acceptors (Lipinski definition) is 11. The number of anilines is 2. The number of rotatable bonds is 13. The molecule has 3 rings (SSSR count). The van der Waals surface area contributed by atoms with Gasteiger partial charge in [-0.15, -0.1) is 10.2 Å². The molecule has 2 aromatic carbocycles. The number of nitrogens with zero attached hydrogens (tertiary/aromatic N) is 3. The quantitative estimate of drug-likeness (QED) is 0.232. The standard InChI is InChI=1S/C24H30N4O7S3/c1-15(2)14-36-24-27-26-23(37-24)25-22(29)13-28(18-11-16(32-3)7-9-19(18)33-4)38(30,31)17-8-10-20(34-5)21(12-17)35-6/h7-12,15H,13-14H2,1-6H3,(H,25,26,29). The second kappa shape index (κ2) is 13.0. The van der Waals surface area contributed by atoms with Crippen LogP contribution in [-0.2, 0) is 14.8 Å². The average molecular weight is 583 g/mol. The molecule has 38 heavy (non-hydrogen) atoms. The third-order valence-electron chi connectivity index (χ3n) is 5.08. The number of sulfonamides is 1. The van der Waals surface area contributed by atoms with Crippen molar-refractivity contribution >= 4 is 49.8 Å². The number of ether oxygens (including phenoxy) is 4. The molecule has 0 fully saturated rings. The first kappa shape index (κ1) is 29.3. The number of carbonyl (C=O) groups excluding carboxylic acids is 1. The zero-order valence-electron chi connectivity index (χ0n) is 21.9. The van der Waals surface area contributed by atoms with Crippen molar-refractivity contribution in [1.82, 2.24) is 10.2 Å². The van der Waals surface area contributed by atoms with Crippen LogP contribution in [0.3, 0.4) is 0 Å². The van der Waals surface area contributed by atoms with Crippen LogP contribution in [0.25, 0.3) is 0 Å². The summed E-state index contributed by atoms with van der Waals surface area (Å²) in [5, 5.41) is 11.0. The average Bonchev–Trinajstić information content (AvgIpc) is 3.36. The van der Waals surface area contributed by atoms with Crippen LogP contribution in [0.1, 0.15) is 13.8 Å². The Bertz CT molecular complexity index is 1360. The molecule has 1 N–H and O–H groups in total. The van der Waals surface area contributed by atoms with Gasteiger partial charge in [-0.25, -0.2) is 8.42 Å². The largest absolute Gasteiger partial charge is 0.497 e. The highest BCUT2D eigenvalue weighted by Crippen LogP contribution is 2.37. The maximum Gasteiger partial charge on any atom is 0.265 e. The molecule has 0 atom stereocenters. The fourth-order valence-electron chi connectivity index (χ4n) is 3.24. The van der Waals surface area contributed by atoms with Gasteiger partial charge >= 0.3 is 0 Å². The number of hydrogen-bond donors (Lipinski definition) is 1. The Morgan fingerprint density at radius 3 is 2.29 bits per heavy atom. The summed E-state index contributed by atoms with van der Waals surface area (Å²) >= 11 is 2.76. The summed E-state index contributed by atoms with van der Waals surface area (Å²) in [6.45, 7) is 3.61. The number of thioether (sulfide) groups is 1. The van der Waals surface area contributed by atoms with E-state index >= 15 is 0 Å². The molecule has 0 aliphatic carbocycles. The molecule has 0 unspecified atom stereocenters. The summed E-state index contributed by atoms with van der Waals surface area (Å²) in [5.41, 5.74) is 0.113. The minimum absolute atomic E-state index is 0.113. The normalized spacial score (nSPS) is 11.2. The van der Waals surface area contributed by atoms with Gasteiger partial charge in [-0.05, 0) is 30.2 Å². The highest BCUT2D eigenvalue weighted by atomic mass is 32.2. The summed E-state index contributed by atoms with van der Waals surface area (Å²) in [4.78, 5) is 13.0. The summed E-state index contributed by atoms with van der Waals surface area (Å²) in [6, 6.07) is 8.85. The predicted molar refractivity (Wildman–Crippen MR) is 148 cm³/mol. The molecule has 0 bridgehead atoms. The molecule has 3 aromatic rings. The van der Waals surface area contributed by atoms with E-state index < -0.39 is 22.5 Å². The Balaban J connectivity index is 1.99. The van der Waals surface area contributed by atoms with Gasteiger partial charge in [-0.3, -0.25) is 14.4 Å². The van der Waals surface area contributed by atoms with Gasteiger partial charge in [0.05, 0.1) is 39.0 Å². The Kier molecular flexibility index (Phi) is 10.1. The molecule has 0 spiro atoms.